The third kappa shape index (κ3) is 28.4. The van der Waals surface area contributed by atoms with E-state index in [-0.39, 0.29) is 18.5 Å². The first-order chi connectivity index (χ1) is 15.0. The highest BCUT2D eigenvalue weighted by molar-refractivity contribution is 6.59. The quantitative estimate of drug-likeness (QED) is 0.120. The smallest absolute Gasteiger partial charge is 0.377 e. The first-order valence-electron chi connectivity index (χ1n) is 13.5. The first-order valence-corrected chi connectivity index (χ1v) is 15.7. The second-order valence-electron chi connectivity index (χ2n) is 9.08. The zero-order valence-corrected chi connectivity index (χ0v) is 24.5. The van der Waals surface area contributed by atoms with Crippen LogP contribution >= 0.6 is 12.4 Å². The average Bonchev–Trinajstić information content (AvgIpc) is 2.78. The molecule has 0 aliphatic rings. The molecule has 0 aromatic carbocycles. The lowest BCUT2D eigenvalue weighted by atomic mass is 10.0. The van der Waals surface area contributed by atoms with E-state index in [0.29, 0.717) is 0 Å². The second-order valence-corrected chi connectivity index (χ2v) is 11.9. The van der Waals surface area contributed by atoms with Gasteiger partial charge < -0.3 is 19.0 Å². The maximum absolute atomic E-state index is 5.95. The molecule has 0 radical (unpaired) electrons. The lowest BCUT2D eigenvalue weighted by Gasteiger charge is -2.26. The van der Waals surface area contributed by atoms with Crippen LogP contribution in [0.1, 0.15) is 136 Å². The maximum Gasteiger partial charge on any atom is 0.497 e. The van der Waals surface area contributed by atoms with Gasteiger partial charge in [0, 0.05) is 26.9 Å². The predicted molar refractivity (Wildman–Crippen MR) is 147 cm³/mol. The third-order valence-electron chi connectivity index (χ3n) is 5.91. The monoisotopic (exact) mass is 497 g/mol. The van der Waals surface area contributed by atoms with Gasteiger partial charge in [0.25, 0.3) is 0 Å². The van der Waals surface area contributed by atoms with Crippen molar-refractivity contribution in [2.45, 2.75) is 149 Å². The molecule has 0 saturated heterocycles. The number of nitrogens with two attached hydrogens (primary N) is 1. The van der Waals surface area contributed by atoms with Crippen molar-refractivity contribution in [2.24, 2.45) is 5.73 Å². The summed E-state index contributed by atoms with van der Waals surface area (Å²) in [5, 5.41) is 0. The highest BCUT2D eigenvalue weighted by Crippen LogP contribution is 2.17. The molecule has 0 aliphatic heterocycles. The number of hydrogen-bond acceptors (Lipinski definition) is 4. The van der Waals surface area contributed by atoms with E-state index < -0.39 is 8.80 Å². The Labute approximate surface area is 209 Å². The molecule has 0 bridgehead atoms. The Balaban J connectivity index is -0.00000154. The van der Waals surface area contributed by atoms with Crippen molar-refractivity contribution in [3.63, 3.8) is 0 Å². The molecule has 0 rings (SSSR count). The van der Waals surface area contributed by atoms with Gasteiger partial charge in [0.1, 0.15) is 0 Å². The molecule has 0 aromatic heterocycles. The molecule has 32 heavy (non-hydrogen) atoms. The molecule has 0 spiro atoms. The van der Waals surface area contributed by atoms with Crippen LogP contribution < -0.4 is 5.73 Å². The van der Waals surface area contributed by atoms with Crippen LogP contribution in [0.5, 0.6) is 0 Å². The topological polar surface area (TPSA) is 53.7 Å². The van der Waals surface area contributed by atoms with Crippen molar-refractivity contribution in [3.8, 4) is 0 Å². The molecular formula is C26H60ClNO3Si. The van der Waals surface area contributed by atoms with E-state index in [0.717, 1.165) is 19.4 Å². The highest BCUT2D eigenvalue weighted by Gasteiger charge is 2.33. The van der Waals surface area contributed by atoms with Gasteiger partial charge in [-0.3, -0.25) is 0 Å². The van der Waals surface area contributed by atoms with E-state index in [1.807, 2.05) is 6.55 Å². The molecule has 0 heterocycles. The summed E-state index contributed by atoms with van der Waals surface area (Å²) in [5.74, 6) is 0. The zero-order chi connectivity index (χ0) is 23.6. The molecule has 1 atom stereocenters. The van der Waals surface area contributed by atoms with Gasteiger partial charge in [-0.25, -0.2) is 0 Å². The Morgan fingerprint density at radius 1 is 0.625 bits per heavy atom. The summed E-state index contributed by atoms with van der Waals surface area (Å²) in [6.45, 7) is 9.25. The van der Waals surface area contributed by atoms with E-state index >= 15 is 0 Å². The average molecular weight is 498 g/mol. The Morgan fingerprint density at radius 2 is 0.938 bits per heavy atom. The Kier molecular flexibility index (Phi) is 33.9. The van der Waals surface area contributed by atoms with Crippen molar-refractivity contribution in [1.82, 2.24) is 0 Å². The van der Waals surface area contributed by atoms with Gasteiger partial charge in [-0.1, -0.05) is 117 Å². The fraction of sp³-hybridized carbons (Fsp3) is 1.00. The van der Waals surface area contributed by atoms with Crippen LogP contribution in [0.4, 0.5) is 0 Å². The summed E-state index contributed by atoms with van der Waals surface area (Å²) in [4.78, 5) is 0. The molecule has 198 valence electrons. The summed E-state index contributed by atoms with van der Waals surface area (Å²) < 4.78 is 16.7. The van der Waals surface area contributed by atoms with Gasteiger partial charge in [0.15, 0.2) is 0 Å². The van der Waals surface area contributed by atoms with Crippen molar-refractivity contribution >= 4 is 21.2 Å². The highest BCUT2D eigenvalue weighted by atomic mass is 35.5. The van der Waals surface area contributed by atoms with Crippen molar-refractivity contribution < 1.29 is 13.3 Å². The lowest BCUT2D eigenvalue weighted by Crippen LogP contribution is -2.42. The van der Waals surface area contributed by atoms with Gasteiger partial charge >= 0.3 is 8.80 Å². The molecule has 0 saturated carbocycles. The predicted octanol–water partition coefficient (Wildman–Crippen LogP) is 8.68. The third-order valence-corrected chi connectivity index (χ3v) is 8.22. The van der Waals surface area contributed by atoms with Crippen LogP contribution in [0.3, 0.4) is 0 Å². The molecule has 6 heteroatoms. The summed E-state index contributed by atoms with van der Waals surface area (Å²) in [5.41, 5.74) is 5.03. The van der Waals surface area contributed by atoms with Crippen LogP contribution in [0, 0.1) is 0 Å². The lowest BCUT2D eigenvalue weighted by molar-refractivity contribution is 0.0641. The molecular weight excluding hydrogens is 438 g/mol. The minimum atomic E-state index is -2.37. The van der Waals surface area contributed by atoms with Crippen LogP contribution in [0.15, 0.2) is 0 Å². The molecule has 4 nitrogen and oxygen atoms in total. The van der Waals surface area contributed by atoms with E-state index in [1.165, 1.54) is 103 Å². The number of halogens is 1. The Bertz CT molecular complexity index is 332. The molecule has 2 N–H and O–H groups in total. The Morgan fingerprint density at radius 3 is 1.22 bits per heavy atom. The van der Waals surface area contributed by atoms with Gasteiger partial charge in [-0.05, 0) is 26.3 Å². The molecule has 0 amide bonds. The van der Waals surface area contributed by atoms with E-state index in [4.69, 9.17) is 19.0 Å². The van der Waals surface area contributed by atoms with E-state index in [9.17, 15) is 0 Å². The van der Waals surface area contributed by atoms with E-state index in [1.54, 1.807) is 14.2 Å². The first kappa shape index (κ1) is 36.9. The molecule has 0 aromatic rings. The van der Waals surface area contributed by atoms with Gasteiger partial charge in [-0.2, -0.15) is 0 Å². The van der Waals surface area contributed by atoms with Crippen molar-refractivity contribution in [2.75, 3.05) is 20.8 Å². The molecule has 1 unspecified atom stereocenters. The summed E-state index contributed by atoms with van der Waals surface area (Å²) >= 11 is 0. The van der Waals surface area contributed by atoms with Crippen LogP contribution in [-0.2, 0) is 13.3 Å². The number of hydrogen-bond donors (Lipinski definition) is 1. The standard InChI is InChI=1S/C23H50O3Si.C3H9N.ClH/c1-6-7-8-9-10-11-12-13-14-15-16-17-18-19-20-21-22-23(2)26-27(5,24-3)25-4;1-2-3-4;/h23H,6-22H2,1-5H3;2-4H2,1H3;1H. The number of rotatable bonds is 22. The minimum Gasteiger partial charge on any atom is -0.377 e. The number of unbranched alkanes of at least 4 members (excludes halogenated alkanes) is 15. The van der Waals surface area contributed by atoms with Crippen LogP contribution in [0.2, 0.25) is 6.55 Å². The van der Waals surface area contributed by atoms with Gasteiger partial charge in [-0.15, -0.1) is 12.4 Å². The fourth-order valence-electron chi connectivity index (χ4n) is 3.58. The summed E-state index contributed by atoms with van der Waals surface area (Å²) in [7, 11) is 0.984. The molecule has 0 aliphatic carbocycles. The maximum atomic E-state index is 5.95. The van der Waals surface area contributed by atoms with Crippen molar-refractivity contribution in [3.05, 3.63) is 0 Å². The van der Waals surface area contributed by atoms with Crippen LogP contribution in [-0.4, -0.2) is 35.7 Å². The van der Waals surface area contributed by atoms with E-state index in [2.05, 4.69) is 20.8 Å². The Hall–Kier alpha value is 0.347. The second kappa shape index (κ2) is 29.4. The molecule has 0 fully saturated rings. The van der Waals surface area contributed by atoms with Gasteiger partial charge in [0.2, 0.25) is 0 Å². The summed E-state index contributed by atoms with van der Waals surface area (Å²) in [6.07, 6.45) is 25.0. The minimum absolute atomic E-state index is 0. The normalized spacial score (nSPS) is 12.1. The summed E-state index contributed by atoms with van der Waals surface area (Å²) in [6, 6.07) is 0. The SMILES string of the molecule is CCCCCCCCCCCCCCCCCCC(C)O[Si](C)(OC)OC.CCCN.Cl. The zero-order valence-electron chi connectivity index (χ0n) is 22.7. The fourth-order valence-corrected chi connectivity index (χ4v) is 4.79. The van der Waals surface area contributed by atoms with Crippen molar-refractivity contribution in [1.29, 1.82) is 0 Å². The largest absolute Gasteiger partial charge is 0.497 e. The van der Waals surface area contributed by atoms with Gasteiger partial charge in [0.05, 0.1) is 0 Å². The van der Waals surface area contributed by atoms with Crippen LogP contribution in [0.25, 0.3) is 0 Å².